The minimum absolute atomic E-state index is 0.264. The van der Waals surface area contributed by atoms with Crippen LogP contribution in [0.3, 0.4) is 0 Å². The lowest BCUT2D eigenvalue weighted by molar-refractivity contribution is 0.615. The molecule has 0 radical (unpaired) electrons. The lowest BCUT2D eigenvalue weighted by Gasteiger charge is -2.06. The van der Waals surface area contributed by atoms with E-state index in [1.807, 2.05) is 26.0 Å². The summed E-state index contributed by atoms with van der Waals surface area (Å²) in [7, 11) is -1.09. The maximum atomic E-state index is 13.5. The molecular weight excluding hydrogens is 259 g/mol. The van der Waals surface area contributed by atoms with E-state index in [2.05, 4.69) is 6.07 Å². The second kappa shape index (κ2) is 6.11. The molecule has 19 heavy (non-hydrogen) atoms. The van der Waals surface area contributed by atoms with Crippen molar-refractivity contribution in [1.82, 2.24) is 0 Å². The number of hydrogen-bond acceptors (Lipinski definition) is 1. The molecule has 2 aromatic carbocycles. The van der Waals surface area contributed by atoms with Crippen LogP contribution in [0.4, 0.5) is 4.39 Å². The molecular formula is C16H17FOS. The Balaban J connectivity index is 2.07. The summed E-state index contributed by atoms with van der Waals surface area (Å²) in [6, 6.07) is 12.7. The number of aryl methyl sites for hydroxylation is 2. The van der Waals surface area contributed by atoms with Crippen LogP contribution in [-0.4, -0.2) is 4.21 Å². The lowest BCUT2D eigenvalue weighted by Crippen LogP contribution is -2.02. The largest absolute Gasteiger partial charge is 0.259 e. The van der Waals surface area contributed by atoms with E-state index in [1.165, 1.54) is 6.07 Å². The van der Waals surface area contributed by atoms with Gasteiger partial charge in [-0.3, -0.25) is 4.21 Å². The molecule has 1 nitrogen and oxygen atoms in total. The quantitative estimate of drug-likeness (QED) is 0.828. The van der Waals surface area contributed by atoms with Crippen LogP contribution in [-0.2, 0) is 22.3 Å². The molecule has 0 spiro atoms. The van der Waals surface area contributed by atoms with Gasteiger partial charge < -0.3 is 0 Å². The number of rotatable bonds is 4. The minimum atomic E-state index is -1.09. The maximum Gasteiger partial charge on any atom is 0.127 e. The van der Waals surface area contributed by atoms with E-state index in [9.17, 15) is 8.60 Å². The molecule has 0 N–H and O–H groups in total. The summed E-state index contributed by atoms with van der Waals surface area (Å²) in [5, 5.41) is 0. The fourth-order valence-corrected chi connectivity index (χ4v) is 3.40. The standard InChI is InChI=1S/C16H17FOS/c1-12-7-13(2)9-14(8-12)10-19(18)11-15-5-3-4-6-16(15)17/h3-9H,10-11H2,1-2H3. The maximum absolute atomic E-state index is 13.5. The van der Waals surface area contributed by atoms with Gasteiger partial charge in [0, 0.05) is 22.1 Å². The van der Waals surface area contributed by atoms with Gasteiger partial charge in [0.15, 0.2) is 0 Å². The van der Waals surface area contributed by atoms with Crippen LogP contribution in [0.5, 0.6) is 0 Å². The van der Waals surface area contributed by atoms with E-state index in [-0.39, 0.29) is 11.6 Å². The van der Waals surface area contributed by atoms with E-state index in [1.54, 1.807) is 18.2 Å². The van der Waals surface area contributed by atoms with Crippen LogP contribution in [0.2, 0.25) is 0 Å². The molecule has 2 aromatic rings. The van der Waals surface area contributed by atoms with E-state index >= 15 is 0 Å². The summed E-state index contributed by atoms with van der Waals surface area (Å²) in [6.07, 6.45) is 0. The highest BCUT2D eigenvalue weighted by atomic mass is 32.2. The first-order chi connectivity index (χ1) is 9.04. The Morgan fingerprint density at radius 3 is 2.26 bits per heavy atom. The zero-order valence-corrected chi connectivity index (χ0v) is 12.0. The van der Waals surface area contributed by atoms with Gasteiger partial charge in [-0.2, -0.15) is 0 Å². The van der Waals surface area contributed by atoms with Crippen LogP contribution in [0, 0.1) is 19.7 Å². The zero-order valence-electron chi connectivity index (χ0n) is 11.2. The minimum Gasteiger partial charge on any atom is -0.259 e. The van der Waals surface area contributed by atoms with E-state index < -0.39 is 10.8 Å². The summed E-state index contributed by atoms with van der Waals surface area (Å²) < 4.78 is 25.6. The predicted molar refractivity (Wildman–Crippen MR) is 77.9 cm³/mol. The van der Waals surface area contributed by atoms with Crippen molar-refractivity contribution < 1.29 is 8.60 Å². The van der Waals surface area contributed by atoms with E-state index in [0.717, 1.165) is 16.7 Å². The Bertz CT molecular complexity index is 587. The van der Waals surface area contributed by atoms with Gasteiger partial charge in [0.2, 0.25) is 0 Å². The van der Waals surface area contributed by atoms with Gasteiger partial charge in [0.25, 0.3) is 0 Å². The van der Waals surface area contributed by atoms with Crippen molar-refractivity contribution in [2.75, 3.05) is 0 Å². The molecule has 0 aliphatic heterocycles. The fourth-order valence-electron chi connectivity index (χ4n) is 2.18. The van der Waals surface area contributed by atoms with E-state index in [0.29, 0.717) is 11.3 Å². The van der Waals surface area contributed by atoms with Crippen molar-refractivity contribution in [1.29, 1.82) is 0 Å². The molecule has 0 aromatic heterocycles. The summed E-state index contributed by atoms with van der Waals surface area (Å²) in [4.78, 5) is 0. The van der Waals surface area contributed by atoms with Gasteiger partial charge in [0.1, 0.15) is 5.82 Å². The van der Waals surface area contributed by atoms with E-state index in [4.69, 9.17) is 0 Å². The molecule has 0 amide bonds. The molecule has 0 fully saturated rings. The Morgan fingerprint density at radius 1 is 1.00 bits per heavy atom. The summed E-state index contributed by atoms with van der Waals surface area (Å²) in [6.45, 7) is 4.05. The predicted octanol–water partition coefficient (Wildman–Crippen LogP) is 3.89. The van der Waals surface area contributed by atoms with Crippen molar-refractivity contribution in [3.8, 4) is 0 Å². The van der Waals surface area contributed by atoms with Gasteiger partial charge in [-0.15, -0.1) is 0 Å². The molecule has 0 aliphatic rings. The van der Waals surface area contributed by atoms with Crippen molar-refractivity contribution in [2.24, 2.45) is 0 Å². The Hall–Kier alpha value is -1.48. The molecule has 100 valence electrons. The Morgan fingerprint density at radius 2 is 1.63 bits per heavy atom. The van der Waals surface area contributed by atoms with Crippen molar-refractivity contribution in [2.45, 2.75) is 25.4 Å². The number of benzene rings is 2. The van der Waals surface area contributed by atoms with Gasteiger partial charge >= 0.3 is 0 Å². The average Bonchev–Trinajstić information content (AvgIpc) is 2.30. The molecule has 0 bridgehead atoms. The highest BCUT2D eigenvalue weighted by Crippen LogP contribution is 2.14. The first-order valence-electron chi connectivity index (χ1n) is 6.20. The Kier molecular flexibility index (Phi) is 4.48. The first kappa shape index (κ1) is 13.9. The third-order valence-electron chi connectivity index (χ3n) is 2.88. The molecule has 2 rings (SSSR count). The highest BCUT2D eigenvalue weighted by Gasteiger charge is 2.07. The SMILES string of the molecule is Cc1cc(C)cc(CS(=O)Cc2ccccc2F)c1. The first-order valence-corrected chi connectivity index (χ1v) is 7.69. The number of halogens is 1. The normalized spacial score (nSPS) is 12.4. The van der Waals surface area contributed by atoms with Crippen molar-refractivity contribution >= 4 is 10.8 Å². The fraction of sp³-hybridized carbons (Fsp3) is 0.250. The van der Waals surface area contributed by atoms with Crippen molar-refractivity contribution in [3.05, 3.63) is 70.5 Å². The zero-order chi connectivity index (χ0) is 13.8. The summed E-state index contributed by atoms with van der Waals surface area (Å²) in [5.74, 6) is 0.451. The van der Waals surface area contributed by atoms with Crippen LogP contribution in [0.1, 0.15) is 22.3 Å². The smallest absolute Gasteiger partial charge is 0.127 e. The Labute approximate surface area is 115 Å². The van der Waals surface area contributed by atoms with Gasteiger partial charge in [-0.1, -0.05) is 47.5 Å². The molecule has 0 saturated carbocycles. The number of hydrogen-bond donors (Lipinski definition) is 0. The van der Waals surface area contributed by atoms with Crippen LogP contribution < -0.4 is 0 Å². The topological polar surface area (TPSA) is 17.1 Å². The average molecular weight is 276 g/mol. The third-order valence-corrected chi connectivity index (χ3v) is 4.17. The van der Waals surface area contributed by atoms with Gasteiger partial charge in [-0.25, -0.2) is 4.39 Å². The molecule has 1 atom stereocenters. The van der Waals surface area contributed by atoms with Crippen molar-refractivity contribution in [3.63, 3.8) is 0 Å². The molecule has 3 heteroatoms. The van der Waals surface area contributed by atoms with Crippen LogP contribution in [0.15, 0.2) is 42.5 Å². The molecule has 0 heterocycles. The highest BCUT2D eigenvalue weighted by molar-refractivity contribution is 7.83. The van der Waals surface area contributed by atoms with Crippen LogP contribution >= 0.6 is 0 Å². The lowest BCUT2D eigenvalue weighted by atomic mass is 10.1. The van der Waals surface area contributed by atoms with Gasteiger partial charge in [-0.05, 0) is 25.5 Å². The second-order valence-electron chi connectivity index (χ2n) is 4.82. The summed E-state index contributed by atoms with van der Waals surface area (Å²) in [5.41, 5.74) is 3.90. The van der Waals surface area contributed by atoms with Gasteiger partial charge in [0.05, 0.1) is 5.75 Å². The van der Waals surface area contributed by atoms with Crippen LogP contribution in [0.25, 0.3) is 0 Å². The monoisotopic (exact) mass is 276 g/mol. The molecule has 1 unspecified atom stereocenters. The molecule has 0 aliphatic carbocycles. The molecule has 0 saturated heterocycles. The summed E-state index contributed by atoms with van der Waals surface area (Å²) >= 11 is 0. The third kappa shape index (κ3) is 4.00. The second-order valence-corrected chi connectivity index (χ2v) is 6.27.